The Balaban J connectivity index is 1.79. The molecule has 1 unspecified atom stereocenters. The minimum absolute atomic E-state index is 0.0580. The van der Waals surface area contributed by atoms with Crippen molar-refractivity contribution in [3.05, 3.63) is 35.0 Å². The highest BCUT2D eigenvalue weighted by atomic mass is 16.5. The fourth-order valence-electron chi connectivity index (χ4n) is 4.60. The molecule has 1 heterocycles. The Bertz CT molecular complexity index is 945. The van der Waals surface area contributed by atoms with Crippen molar-refractivity contribution in [2.45, 2.75) is 44.4 Å². The Morgan fingerprint density at radius 1 is 1.10 bits per heavy atom. The normalized spacial score (nSPS) is 23.8. The van der Waals surface area contributed by atoms with Gasteiger partial charge in [-0.15, -0.1) is 0 Å². The number of rotatable bonds is 5. The number of ketones is 2. The van der Waals surface area contributed by atoms with E-state index in [0.717, 1.165) is 42.7 Å². The number of hydrogen-bond donors (Lipinski definition) is 1. The summed E-state index contributed by atoms with van der Waals surface area (Å²) >= 11 is 0. The summed E-state index contributed by atoms with van der Waals surface area (Å²) in [5, 5.41) is 8.85. The number of carbonyl (C=O) groups is 3. The molecule has 0 radical (unpaired) electrons. The highest BCUT2D eigenvalue weighted by molar-refractivity contribution is 6.12. The molecule has 2 atom stereocenters. The number of hydrogen-bond acceptors (Lipinski definition) is 6. The van der Waals surface area contributed by atoms with E-state index in [1.807, 2.05) is 0 Å². The molecular weight excluding hydrogens is 374 g/mol. The summed E-state index contributed by atoms with van der Waals surface area (Å²) < 4.78 is 10.7. The third-order valence-electron chi connectivity index (χ3n) is 5.81. The molecule has 3 aliphatic rings. The molecule has 7 heteroatoms. The largest absolute Gasteiger partial charge is 0.493 e. The third-order valence-corrected chi connectivity index (χ3v) is 5.81. The molecule has 29 heavy (non-hydrogen) atoms. The molecule has 0 amide bonds. The zero-order chi connectivity index (χ0) is 20.5. The topological polar surface area (TPSA) is 102 Å². The Kier molecular flexibility index (Phi) is 5.22. The first-order valence-corrected chi connectivity index (χ1v) is 9.88. The fourth-order valence-corrected chi connectivity index (χ4v) is 4.60. The van der Waals surface area contributed by atoms with Crippen LogP contribution in [0, 0.1) is 5.92 Å². The predicted molar refractivity (Wildman–Crippen MR) is 105 cm³/mol. The second kappa shape index (κ2) is 7.81. The molecular formula is C22H23NO6. The van der Waals surface area contributed by atoms with Gasteiger partial charge in [-0.25, -0.2) is 4.79 Å². The van der Waals surface area contributed by atoms with Gasteiger partial charge in [0.05, 0.1) is 13.0 Å². The van der Waals surface area contributed by atoms with Crippen LogP contribution in [-0.2, 0) is 14.4 Å². The minimum Gasteiger partial charge on any atom is -0.493 e. The van der Waals surface area contributed by atoms with Crippen LogP contribution in [0.15, 0.2) is 34.5 Å². The first kappa shape index (κ1) is 19.4. The monoisotopic (exact) mass is 397 g/mol. The average Bonchev–Trinajstić information content (AvgIpc) is 2.71. The smallest absolute Gasteiger partial charge is 0.341 e. The van der Waals surface area contributed by atoms with E-state index in [9.17, 15) is 14.4 Å². The summed E-state index contributed by atoms with van der Waals surface area (Å²) in [5.74, 6) is -1.01. The maximum absolute atomic E-state index is 12.9. The standard InChI is InChI=1S/C22H23NO6/c1-28-18-10-12(8-9-17(18)29-11-19(26)27)20-21-13(4-2-6-15(21)24)23-14-5-3-7-16(25)22(14)20/h8-10,20-21H,2-7,11H2,1H3,(H,26,27)/t20-,21?/m1/s1. The highest BCUT2D eigenvalue weighted by Crippen LogP contribution is 2.47. The molecule has 2 aliphatic carbocycles. The number of aliphatic imine (C=N–C) groups is 1. The number of Topliss-reactive ketones (excluding diaryl/α,β-unsaturated/α-hetero) is 2. The van der Waals surface area contributed by atoms with E-state index >= 15 is 0 Å². The lowest BCUT2D eigenvalue weighted by atomic mass is 9.67. The number of benzene rings is 1. The molecule has 152 valence electrons. The van der Waals surface area contributed by atoms with E-state index in [2.05, 4.69) is 0 Å². The summed E-state index contributed by atoms with van der Waals surface area (Å²) in [7, 11) is 1.47. The van der Waals surface area contributed by atoms with Crippen molar-refractivity contribution in [3.8, 4) is 11.5 Å². The summed E-state index contributed by atoms with van der Waals surface area (Å²) in [6, 6.07) is 5.18. The van der Waals surface area contributed by atoms with Gasteiger partial charge in [-0.2, -0.15) is 0 Å². The molecule has 0 saturated heterocycles. The van der Waals surface area contributed by atoms with Crippen LogP contribution in [0.5, 0.6) is 11.5 Å². The Morgan fingerprint density at radius 2 is 1.90 bits per heavy atom. The first-order valence-electron chi connectivity index (χ1n) is 9.88. The lowest BCUT2D eigenvalue weighted by Gasteiger charge is -2.38. The summed E-state index contributed by atoms with van der Waals surface area (Å²) in [6.07, 6.45) is 4.06. The van der Waals surface area contributed by atoms with Crippen LogP contribution in [0.1, 0.15) is 50.0 Å². The molecule has 4 rings (SSSR count). The molecule has 1 aliphatic heterocycles. The van der Waals surface area contributed by atoms with Gasteiger partial charge in [0.15, 0.2) is 23.9 Å². The summed E-state index contributed by atoms with van der Waals surface area (Å²) in [6.45, 7) is -0.481. The molecule has 1 N–H and O–H groups in total. The highest BCUT2D eigenvalue weighted by Gasteiger charge is 2.44. The number of carboxylic acids is 1. The number of allylic oxidation sites excluding steroid dienone is 2. The first-order chi connectivity index (χ1) is 14.0. The second-order valence-corrected chi connectivity index (χ2v) is 7.61. The molecule has 7 nitrogen and oxygen atoms in total. The van der Waals surface area contributed by atoms with Gasteiger partial charge in [0.25, 0.3) is 0 Å². The van der Waals surface area contributed by atoms with Gasteiger partial charge in [-0.3, -0.25) is 14.6 Å². The molecule has 1 fully saturated rings. The molecule has 1 saturated carbocycles. The number of carboxylic acid groups (broad SMARTS) is 1. The van der Waals surface area contributed by atoms with Crippen LogP contribution in [0.3, 0.4) is 0 Å². The van der Waals surface area contributed by atoms with Gasteiger partial charge in [0.2, 0.25) is 0 Å². The van der Waals surface area contributed by atoms with Crippen LogP contribution >= 0.6 is 0 Å². The van der Waals surface area contributed by atoms with Gasteiger partial charge in [0, 0.05) is 35.7 Å². The molecule has 0 spiro atoms. The van der Waals surface area contributed by atoms with Crippen LogP contribution in [-0.4, -0.2) is 42.1 Å². The molecule has 0 bridgehead atoms. The third kappa shape index (κ3) is 3.57. The van der Waals surface area contributed by atoms with Gasteiger partial charge >= 0.3 is 5.97 Å². The lowest BCUT2D eigenvalue weighted by Crippen LogP contribution is -2.39. The number of methoxy groups -OCH3 is 1. The lowest BCUT2D eigenvalue weighted by molar-refractivity contribution is -0.139. The quantitative estimate of drug-likeness (QED) is 0.819. The van der Waals surface area contributed by atoms with Crippen molar-refractivity contribution in [1.82, 2.24) is 0 Å². The number of aliphatic carboxylic acids is 1. The molecule has 1 aromatic carbocycles. The second-order valence-electron chi connectivity index (χ2n) is 7.61. The van der Waals surface area contributed by atoms with Gasteiger partial charge in [0.1, 0.15) is 5.78 Å². The minimum atomic E-state index is -1.08. The van der Waals surface area contributed by atoms with Crippen molar-refractivity contribution >= 4 is 23.2 Å². The Morgan fingerprint density at radius 3 is 2.66 bits per heavy atom. The van der Waals surface area contributed by atoms with Crippen molar-refractivity contribution in [3.63, 3.8) is 0 Å². The number of carbonyl (C=O) groups excluding carboxylic acids is 2. The van der Waals surface area contributed by atoms with Crippen LogP contribution in [0.4, 0.5) is 0 Å². The zero-order valence-electron chi connectivity index (χ0n) is 16.3. The molecule has 1 aromatic rings. The van der Waals surface area contributed by atoms with E-state index < -0.39 is 18.5 Å². The van der Waals surface area contributed by atoms with E-state index in [-0.39, 0.29) is 17.5 Å². The number of ether oxygens (including phenoxy) is 2. The Hall–Kier alpha value is -2.96. The van der Waals surface area contributed by atoms with Crippen molar-refractivity contribution in [1.29, 1.82) is 0 Å². The number of fused-ring (bicyclic) bond motifs is 1. The van der Waals surface area contributed by atoms with E-state index in [4.69, 9.17) is 19.6 Å². The van der Waals surface area contributed by atoms with Crippen LogP contribution < -0.4 is 9.47 Å². The van der Waals surface area contributed by atoms with Gasteiger partial charge in [-0.05, 0) is 43.4 Å². The number of nitrogens with zero attached hydrogens (tertiary/aromatic N) is 1. The maximum atomic E-state index is 12.9. The van der Waals surface area contributed by atoms with E-state index in [1.165, 1.54) is 7.11 Å². The van der Waals surface area contributed by atoms with E-state index in [1.54, 1.807) is 18.2 Å². The van der Waals surface area contributed by atoms with Crippen molar-refractivity contribution < 1.29 is 29.0 Å². The molecule has 0 aromatic heterocycles. The predicted octanol–water partition coefficient (Wildman–Crippen LogP) is 3.07. The zero-order valence-corrected chi connectivity index (χ0v) is 16.3. The fraction of sp³-hybridized carbons (Fsp3) is 0.455. The van der Waals surface area contributed by atoms with E-state index in [0.29, 0.717) is 29.9 Å². The summed E-state index contributed by atoms with van der Waals surface area (Å²) in [5.41, 5.74) is 3.14. The average molecular weight is 397 g/mol. The van der Waals surface area contributed by atoms with Crippen molar-refractivity contribution in [2.75, 3.05) is 13.7 Å². The summed E-state index contributed by atoms with van der Waals surface area (Å²) in [4.78, 5) is 41.2. The van der Waals surface area contributed by atoms with Gasteiger partial charge < -0.3 is 14.6 Å². The maximum Gasteiger partial charge on any atom is 0.341 e. The van der Waals surface area contributed by atoms with Gasteiger partial charge in [-0.1, -0.05) is 6.07 Å². The Labute approximate surface area is 168 Å². The SMILES string of the molecule is COc1cc([C@H]2C3=C(CCCC3=O)N=C3CCCC(=O)C32)ccc1OCC(=O)O. The van der Waals surface area contributed by atoms with Crippen LogP contribution in [0.25, 0.3) is 0 Å². The van der Waals surface area contributed by atoms with Crippen molar-refractivity contribution in [2.24, 2.45) is 10.9 Å². The van der Waals surface area contributed by atoms with Crippen LogP contribution in [0.2, 0.25) is 0 Å².